The van der Waals surface area contributed by atoms with Gasteiger partial charge in [0.25, 0.3) is 0 Å². The number of aliphatic hydroxyl groups is 1. The molecule has 1 aromatic rings. The highest BCUT2D eigenvalue weighted by molar-refractivity contribution is 5.96. The Labute approximate surface area is 199 Å². The van der Waals surface area contributed by atoms with Crippen LogP contribution in [0.5, 0.6) is 0 Å². The largest absolute Gasteiger partial charge is 0.481 e. The third-order valence-electron chi connectivity index (χ3n) is 4.74. The average molecular weight is 496 g/mol. The number of nitrogens with one attached hydrogen (secondary N) is 3. The lowest BCUT2D eigenvalue weighted by molar-refractivity contribution is -0.145. The minimum atomic E-state index is -1.80. The highest BCUT2D eigenvalue weighted by Gasteiger charge is 2.33. The molecule has 0 aliphatic heterocycles. The minimum Gasteiger partial charge on any atom is -0.481 e. The number of aliphatic hydroxyl groups excluding tert-OH is 1. The van der Waals surface area contributed by atoms with Crippen molar-refractivity contribution in [3.63, 3.8) is 0 Å². The summed E-state index contributed by atoms with van der Waals surface area (Å²) in [5, 5.41) is 43.3. The second kappa shape index (κ2) is 13.6. The third-order valence-corrected chi connectivity index (χ3v) is 4.74. The van der Waals surface area contributed by atoms with Gasteiger partial charge >= 0.3 is 17.9 Å². The Morgan fingerprint density at radius 2 is 1.20 bits per heavy atom. The topological polar surface area (TPSA) is 245 Å². The standard InChI is InChI=1S/C21H28N4O10/c1-10(26)17(22)20(33)24-13(9-16(29)30)18(31)23-12(8-15(27)28)19(32)25-14(21(34)35)7-11-5-3-2-4-6-11/h2-6,10,12-14,17,26H,7-9,22H2,1H3,(H,23,31)(H,24,33)(H,25,32)(H,27,28)(H,29,30)(H,34,35). The van der Waals surface area contributed by atoms with Gasteiger partial charge in [-0.15, -0.1) is 0 Å². The summed E-state index contributed by atoms with van der Waals surface area (Å²) in [7, 11) is 0. The first-order valence-corrected chi connectivity index (χ1v) is 10.4. The van der Waals surface area contributed by atoms with Crippen LogP contribution in [0.15, 0.2) is 30.3 Å². The first kappa shape index (κ1) is 29.0. The third kappa shape index (κ3) is 10.2. The molecule has 14 nitrogen and oxygen atoms in total. The van der Waals surface area contributed by atoms with E-state index in [9.17, 15) is 39.0 Å². The van der Waals surface area contributed by atoms with Crippen molar-refractivity contribution in [1.29, 1.82) is 0 Å². The van der Waals surface area contributed by atoms with E-state index in [4.69, 9.17) is 15.9 Å². The Morgan fingerprint density at radius 3 is 1.60 bits per heavy atom. The maximum atomic E-state index is 12.7. The highest BCUT2D eigenvalue weighted by Crippen LogP contribution is 2.06. The molecule has 14 heteroatoms. The number of amides is 3. The number of carbonyl (C=O) groups excluding carboxylic acids is 3. The van der Waals surface area contributed by atoms with Crippen LogP contribution in [0.25, 0.3) is 0 Å². The van der Waals surface area contributed by atoms with E-state index in [-0.39, 0.29) is 6.42 Å². The van der Waals surface area contributed by atoms with Crippen molar-refractivity contribution in [1.82, 2.24) is 16.0 Å². The molecule has 0 bridgehead atoms. The number of aliphatic carboxylic acids is 3. The van der Waals surface area contributed by atoms with Crippen LogP contribution in [0.3, 0.4) is 0 Å². The maximum absolute atomic E-state index is 12.7. The van der Waals surface area contributed by atoms with Gasteiger partial charge in [-0.25, -0.2) is 4.79 Å². The van der Waals surface area contributed by atoms with Crippen molar-refractivity contribution in [3.8, 4) is 0 Å². The summed E-state index contributed by atoms with van der Waals surface area (Å²) in [5.74, 6) is -7.88. The van der Waals surface area contributed by atoms with Crippen molar-refractivity contribution >= 4 is 35.6 Å². The number of benzene rings is 1. The van der Waals surface area contributed by atoms with Crippen LogP contribution in [-0.4, -0.2) is 86.3 Å². The molecule has 0 aliphatic rings. The van der Waals surface area contributed by atoms with E-state index in [1.54, 1.807) is 30.3 Å². The predicted molar refractivity (Wildman–Crippen MR) is 118 cm³/mol. The molecule has 0 saturated carbocycles. The van der Waals surface area contributed by atoms with E-state index in [1.165, 1.54) is 6.92 Å². The van der Waals surface area contributed by atoms with Gasteiger partial charge in [-0.2, -0.15) is 0 Å². The number of rotatable bonds is 14. The van der Waals surface area contributed by atoms with Crippen LogP contribution in [0.1, 0.15) is 25.3 Å². The lowest BCUT2D eigenvalue weighted by Gasteiger charge is -2.24. The smallest absolute Gasteiger partial charge is 0.326 e. The van der Waals surface area contributed by atoms with Crippen LogP contribution in [-0.2, 0) is 35.2 Å². The molecule has 1 rings (SSSR count). The maximum Gasteiger partial charge on any atom is 0.326 e. The molecule has 3 amide bonds. The highest BCUT2D eigenvalue weighted by atomic mass is 16.4. The van der Waals surface area contributed by atoms with E-state index in [0.29, 0.717) is 5.56 Å². The Hall–Kier alpha value is -4.04. The normalized spacial score (nSPS) is 14.9. The molecule has 192 valence electrons. The van der Waals surface area contributed by atoms with Gasteiger partial charge < -0.3 is 42.1 Å². The van der Waals surface area contributed by atoms with Crippen LogP contribution < -0.4 is 21.7 Å². The van der Waals surface area contributed by atoms with Gasteiger partial charge in [0.05, 0.1) is 18.9 Å². The number of hydrogen-bond acceptors (Lipinski definition) is 8. The van der Waals surface area contributed by atoms with Crippen molar-refractivity contribution in [2.75, 3.05) is 0 Å². The summed E-state index contributed by atoms with van der Waals surface area (Å²) in [6.07, 6.45) is -3.37. The Morgan fingerprint density at radius 1 is 0.771 bits per heavy atom. The Bertz CT molecular complexity index is 937. The van der Waals surface area contributed by atoms with Gasteiger partial charge in [0, 0.05) is 6.42 Å². The molecule has 1 aromatic carbocycles. The quantitative estimate of drug-likeness (QED) is 0.133. The first-order chi connectivity index (χ1) is 16.3. The first-order valence-electron chi connectivity index (χ1n) is 10.4. The van der Waals surface area contributed by atoms with Crippen LogP contribution in [0, 0.1) is 0 Å². The summed E-state index contributed by atoms with van der Waals surface area (Å²) in [5.41, 5.74) is 6.03. The number of carbonyl (C=O) groups is 6. The zero-order valence-corrected chi connectivity index (χ0v) is 18.7. The Kier molecular flexibility index (Phi) is 11.3. The monoisotopic (exact) mass is 496 g/mol. The molecule has 0 saturated heterocycles. The predicted octanol–water partition coefficient (Wildman–Crippen LogP) is -2.57. The molecule has 0 aromatic heterocycles. The number of carboxylic acid groups (broad SMARTS) is 3. The van der Waals surface area contributed by atoms with E-state index in [2.05, 4.69) is 5.32 Å². The fourth-order valence-corrected chi connectivity index (χ4v) is 2.85. The number of hydrogen-bond donors (Lipinski definition) is 8. The fourth-order valence-electron chi connectivity index (χ4n) is 2.85. The SMILES string of the molecule is CC(O)C(N)C(=O)NC(CC(=O)O)C(=O)NC(CC(=O)O)C(=O)NC(Cc1ccccc1)C(=O)O. The second-order valence-electron chi connectivity index (χ2n) is 7.67. The Balaban J connectivity index is 3.03. The number of nitrogens with two attached hydrogens (primary N) is 1. The summed E-state index contributed by atoms with van der Waals surface area (Å²) in [6.45, 7) is 1.19. The zero-order valence-electron chi connectivity index (χ0n) is 18.7. The molecule has 5 unspecified atom stereocenters. The van der Waals surface area contributed by atoms with Crippen molar-refractivity contribution in [2.45, 2.75) is 56.5 Å². The molecule has 0 aliphatic carbocycles. The van der Waals surface area contributed by atoms with Gasteiger partial charge in [-0.3, -0.25) is 24.0 Å². The summed E-state index contributed by atoms with van der Waals surface area (Å²) < 4.78 is 0. The molecular formula is C21H28N4O10. The lowest BCUT2D eigenvalue weighted by atomic mass is 10.0. The fraction of sp³-hybridized carbons (Fsp3) is 0.429. The van der Waals surface area contributed by atoms with E-state index >= 15 is 0 Å². The summed E-state index contributed by atoms with van der Waals surface area (Å²) in [6, 6.07) is 1.74. The van der Waals surface area contributed by atoms with E-state index < -0.39 is 78.7 Å². The van der Waals surface area contributed by atoms with Gasteiger partial charge in [-0.1, -0.05) is 30.3 Å². The zero-order chi connectivity index (χ0) is 26.7. The van der Waals surface area contributed by atoms with Gasteiger partial charge in [0.15, 0.2) is 0 Å². The molecule has 0 spiro atoms. The molecule has 9 N–H and O–H groups in total. The molecule has 0 heterocycles. The van der Waals surface area contributed by atoms with Crippen molar-refractivity contribution < 1.29 is 49.2 Å². The van der Waals surface area contributed by atoms with Crippen LogP contribution in [0.2, 0.25) is 0 Å². The van der Waals surface area contributed by atoms with E-state index in [1.807, 2.05) is 10.6 Å². The lowest BCUT2D eigenvalue weighted by Crippen LogP contribution is -2.58. The molecule has 5 atom stereocenters. The van der Waals surface area contributed by atoms with Gasteiger partial charge in [0.2, 0.25) is 17.7 Å². The number of carboxylic acids is 3. The van der Waals surface area contributed by atoms with Crippen molar-refractivity contribution in [2.24, 2.45) is 5.73 Å². The average Bonchev–Trinajstić information content (AvgIpc) is 2.76. The summed E-state index contributed by atoms with van der Waals surface area (Å²) >= 11 is 0. The van der Waals surface area contributed by atoms with Crippen molar-refractivity contribution in [3.05, 3.63) is 35.9 Å². The molecule has 0 fully saturated rings. The minimum absolute atomic E-state index is 0.134. The molecular weight excluding hydrogens is 468 g/mol. The van der Waals surface area contributed by atoms with Gasteiger partial charge in [-0.05, 0) is 12.5 Å². The van der Waals surface area contributed by atoms with Crippen LogP contribution in [0.4, 0.5) is 0 Å². The summed E-state index contributed by atoms with van der Waals surface area (Å²) in [4.78, 5) is 71.4. The van der Waals surface area contributed by atoms with Gasteiger partial charge in [0.1, 0.15) is 24.2 Å². The van der Waals surface area contributed by atoms with E-state index in [0.717, 1.165) is 0 Å². The molecule has 0 radical (unpaired) electrons. The second-order valence-corrected chi connectivity index (χ2v) is 7.67. The van der Waals surface area contributed by atoms with Crippen LogP contribution >= 0.6 is 0 Å². The molecule has 35 heavy (non-hydrogen) atoms.